The number of allylic oxidation sites excluding steroid dienone is 1. The maximum absolute atomic E-state index is 11.0. The first kappa shape index (κ1) is 18.5. The van der Waals surface area contributed by atoms with Gasteiger partial charge in [-0.05, 0) is 41.3 Å². The minimum Gasteiger partial charge on any atom is -0.478 e. The molecular formula is C24H23NO2. The lowest BCUT2D eigenvalue weighted by Gasteiger charge is -2.26. The number of nitrogens with zero attached hydrogens (tertiary/aromatic N) is 1. The Bertz CT molecular complexity index is 876. The predicted molar refractivity (Wildman–Crippen MR) is 110 cm³/mol. The van der Waals surface area contributed by atoms with Gasteiger partial charge in [0.15, 0.2) is 0 Å². The molecule has 0 bridgehead atoms. The highest BCUT2D eigenvalue weighted by Crippen LogP contribution is 2.24. The van der Waals surface area contributed by atoms with Crippen molar-refractivity contribution in [3.8, 4) is 0 Å². The van der Waals surface area contributed by atoms with E-state index in [2.05, 4.69) is 41.3 Å². The van der Waals surface area contributed by atoms with Crippen LogP contribution in [0, 0.1) is 0 Å². The van der Waals surface area contributed by atoms with Gasteiger partial charge in [-0.25, -0.2) is 4.79 Å². The summed E-state index contributed by atoms with van der Waals surface area (Å²) >= 11 is 0. The molecule has 0 radical (unpaired) electrons. The van der Waals surface area contributed by atoms with Crippen LogP contribution in [-0.2, 0) is 17.9 Å². The van der Waals surface area contributed by atoms with Crippen LogP contribution in [0.1, 0.15) is 23.6 Å². The second-order valence-electron chi connectivity index (χ2n) is 6.54. The van der Waals surface area contributed by atoms with Crippen molar-refractivity contribution in [2.24, 2.45) is 0 Å². The number of carboxylic acids is 1. The first-order valence-corrected chi connectivity index (χ1v) is 8.96. The van der Waals surface area contributed by atoms with Gasteiger partial charge in [-0.1, -0.05) is 72.8 Å². The largest absolute Gasteiger partial charge is 0.478 e. The zero-order chi connectivity index (χ0) is 19.1. The van der Waals surface area contributed by atoms with Crippen molar-refractivity contribution in [3.05, 3.63) is 108 Å². The molecule has 0 saturated heterocycles. The maximum atomic E-state index is 11.0. The van der Waals surface area contributed by atoms with Gasteiger partial charge >= 0.3 is 5.97 Å². The first-order chi connectivity index (χ1) is 13.1. The minimum absolute atomic E-state index is 0.740. The number of hydrogen-bond donors (Lipinski definition) is 1. The monoisotopic (exact) mass is 357 g/mol. The number of aliphatic carboxylic acids is 1. The van der Waals surface area contributed by atoms with E-state index in [-0.39, 0.29) is 0 Å². The average molecular weight is 357 g/mol. The van der Waals surface area contributed by atoms with Gasteiger partial charge in [-0.15, -0.1) is 0 Å². The van der Waals surface area contributed by atoms with Crippen molar-refractivity contribution in [1.82, 2.24) is 0 Å². The summed E-state index contributed by atoms with van der Waals surface area (Å²) in [4.78, 5) is 13.3. The fourth-order valence-corrected chi connectivity index (χ4v) is 3.06. The molecule has 0 heterocycles. The summed E-state index contributed by atoms with van der Waals surface area (Å²) in [5, 5.41) is 9.03. The van der Waals surface area contributed by atoms with Gasteiger partial charge in [0.1, 0.15) is 0 Å². The number of benzene rings is 3. The summed E-state index contributed by atoms with van der Waals surface area (Å²) in [5.41, 5.74) is 5.19. The summed E-state index contributed by atoms with van der Waals surface area (Å²) in [6.45, 7) is 3.38. The van der Waals surface area contributed by atoms with Crippen molar-refractivity contribution in [1.29, 1.82) is 0 Å². The maximum Gasteiger partial charge on any atom is 0.328 e. The molecule has 0 aliphatic rings. The molecule has 0 spiro atoms. The lowest BCUT2D eigenvalue weighted by molar-refractivity contribution is -0.131. The summed E-state index contributed by atoms with van der Waals surface area (Å²) in [6.07, 6.45) is 1.25. The van der Waals surface area contributed by atoms with Gasteiger partial charge in [-0.2, -0.15) is 0 Å². The average Bonchev–Trinajstić information content (AvgIpc) is 2.69. The highest BCUT2D eigenvalue weighted by molar-refractivity contribution is 5.89. The number of carbonyl (C=O) groups is 1. The SMILES string of the molecule is C/C(=C/C(=O)O)c1cccc(N(Cc2ccccc2)Cc2ccccc2)c1. The van der Waals surface area contributed by atoms with Gasteiger partial charge in [0.2, 0.25) is 0 Å². The molecule has 1 N–H and O–H groups in total. The number of carboxylic acid groups (broad SMARTS) is 1. The zero-order valence-electron chi connectivity index (χ0n) is 15.4. The number of anilines is 1. The van der Waals surface area contributed by atoms with Crippen LogP contribution in [0.15, 0.2) is 91.0 Å². The van der Waals surface area contributed by atoms with E-state index < -0.39 is 5.97 Å². The third kappa shape index (κ3) is 5.32. The van der Waals surface area contributed by atoms with Crippen LogP contribution in [0.4, 0.5) is 5.69 Å². The second kappa shape index (κ2) is 8.86. The highest BCUT2D eigenvalue weighted by atomic mass is 16.4. The fourth-order valence-electron chi connectivity index (χ4n) is 3.06. The van der Waals surface area contributed by atoms with Gasteiger partial charge in [-0.3, -0.25) is 0 Å². The molecule has 0 atom stereocenters. The molecule has 0 fully saturated rings. The van der Waals surface area contributed by atoms with Crippen molar-refractivity contribution < 1.29 is 9.90 Å². The van der Waals surface area contributed by atoms with Crippen LogP contribution < -0.4 is 4.90 Å². The summed E-state index contributed by atoms with van der Waals surface area (Å²) in [5.74, 6) is -0.927. The van der Waals surface area contributed by atoms with E-state index in [0.717, 1.165) is 29.9 Å². The van der Waals surface area contributed by atoms with Gasteiger partial charge in [0.05, 0.1) is 0 Å². The van der Waals surface area contributed by atoms with E-state index in [9.17, 15) is 4.79 Å². The topological polar surface area (TPSA) is 40.5 Å². The van der Waals surface area contributed by atoms with Crippen LogP contribution in [0.5, 0.6) is 0 Å². The van der Waals surface area contributed by atoms with Crippen LogP contribution in [-0.4, -0.2) is 11.1 Å². The van der Waals surface area contributed by atoms with Crippen LogP contribution in [0.3, 0.4) is 0 Å². The van der Waals surface area contributed by atoms with E-state index in [4.69, 9.17) is 5.11 Å². The molecule has 3 nitrogen and oxygen atoms in total. The lowest BCUT2D eigenvalue weighted by Crippen LogP contribution is -2.22. The molecule has 136 valence electrons. The Hall–Kier alpha value is -3.33. The molecule has 0 aliphatic carbocycles. The Morgan fingerprint density at radius 2 is 1.41 bits per heavy atom. The zero-order valence-corrected chi connectivity index (χ0v) is 15.4. The molecule has 3 rings (SSSR count). The molecular weight excluding hydrogens is 334 g/mol. The van der Waals surface area contributed by atoms with Crippen molar-refractivity contribution >= 4 is 17.2 Å². The third-order valence-electron chi connectivity index (χ3n) is 4.44. The van der Waals surface area contributed by atoms with Crippen molar-refractivity contribution in [2.45, 2.75) is 20.0 Å². The molecule has 0 aromatic heterocycles. The summed E-state index contributed by atoms with van der Waals surface area (Å²) in [6, 6.07) is 28.8. The standard InChI is InChI=1S/C24H23NO2/c1-19(15-24(26)27)22-13-8-14-23(16-22)25(17-20-9-4-2-5-10-20)18-21-11-6-3-7-12-21/h2-16H,17-18H2,1H3,(H,26,27)/b19-15-. The Labute approximate surface area is 160 Å². The molecule has 0 saturated carbocycles. The van der Waals surface area contributed by atoms with E-state index in [1.165, 1.54) is 17.2 Å². The highest BCUT2D eigenvalue weighted by Gasteiger charge is 2.10. The molecule has 3 heteroatoms. The summed E-state index contributed by atoms with van der Waals surface area (Å²) < 4.78 is 0. The van der Waals surface area contributed by atoms with Crippen LogP contribution >= 0.6 is 0 Å². The van der Waals surface area contributed by atoms with Crippen LogP contribution in [0.25, 0.3) is 5.57 Å². The molecule has 3 aromatic rings. The predicted octanol–water partition coefficient (Wildman–Crippen LogP) is 5.38. The lowest BCUT2D eigenvalue weighted by atomic mass is 10.1. The quantitative estimate of drug-likeness (QED) is 0.577. The van der Waals surface area contributed by atoms with Gasteiger partial charge in [0, 0.05) is 24.9 Å². The molecule has 0 unspecified atom stereocenters. The second-order valence-corrected chi connectivity index (χ2v) is 6.54. The normalized spacial score (nSPS) is 11.2. The van der Waals surface area contributed by atoms with Gasteiger partial charge in [0.25, 0.3) is 0 Å². The Morgan fingerprint density at radius 1 is 0.852 bits per heavy atom. The first-order valence-electron chi connectivity index (χ1n) is 8.96. The van der Waals surface area contributed by atoms with E-state index in [1.54, 1.807) is 0 Å². The van der Waals surface area contributed by atoms with E-state index in [0.29, 0.717) is 0 Å². The number of hydrogen-bond acceptors (Lipinski definition) is 2. The number of rotatable bonds is 7. The smallest absolute Gasteiger partial charge is 0.328 e. The fraction of sp³-hybridized carbons (Fsp3) is 0.125. The Morgan fingerprint density at radius 3 is 1.93 bits per heavy atom. The van der Waals surface area contributed by atoms with Crippen LogP contribution in [0.2, 0.25) is 0 Å². The molecule has 0 aliphatic heterocycles. The molecule has 3 aromatic carbocycles. The minimum atomic E-state index is -0.927. The third-order valence-corrected chi connectivity index (χ3v) is 4.44. The molecule has 0 amide bonds. The van der Waals surface area contributed by atoms with E-state index >= 15 is 0 Å². The van der Waals surface area contributed by atoms with Crippen molar-refractivity contribution in [3.63, 3.8) is 0 Å². The molecule has 27 heavy (non-hydrogen) atoms. The summed E-state index contributed by atoms with van der Waals surface area (Å²) in [7, 11) is 0. The Kier molecular flexibility index (Phi) is 6.06. The van der Waals surface area contributed by atoms with E-state index in [1.807, 2.05) is 55.5 Å². The van der Waals surface area contributed by atoms with Crippen molar-refractivity contribution in [2.75, 3.05) is 4.90 Å². The Balaban J connectivity index is 1.93. The van der Waals surface area contributed by atoms with Gasteiger partial charge < -0.3 is 10.0 Å².